The molecule has 2 rings (SSSR count). The summed E-state index contributed by atoms with van der Waals surface area (Å²) in [5.41, 5.74) is 0.257. The van der Waals surface area contributed by atoms with Gasteiger partial charge in [0.25, 0.3) is 5.91 Å². The maximum atomic E-state index is 12.2. The normalized spacial score (nSPS) is 18.1. The molecule has 1 atom stereocenters. The third-order valence-corrected chi connectivity index (χ3v) is 6.84. The van der Waals surface area contributed by atoms with E-state index >= 15 is 0 Å². The number of amides is 3. The van der Waals surface area contributed by atoms with Gasteiger partial charge in [0.2, 0.25) is 0 Å². The molecule has 2 N–H and O–H groups in total. The zero-order valence-electron chi connectivity index (χ0n) is 14.2. The molecule has 0 spiro atoms. The molecule has 0 radical (unpaired) electrons. The van der Waals surface area contributed by atoms with Crippen LogP contribution in [0.1, 0.15) is 23.7 Å². The molecule has 1 saturated heterocycles. The molecule has 142 valence electrons. The number of thioether (sulfide) groups is 1. The summed E-state index contributed by atoms with van der Waals surface area (Å²) in [6.07, 6.45) is 0.533. The first-order valence-electron chi connectivity index (χ1n) is 8.01. The molecule has 0 aliphatic carbocycles. The SMILES string of the molecule is CCNC(=O)NC(=O)COC(=O)c1ccccc1S[C@@H]1CCS(=O)(=O)C1. The van der Waals surface area contributed by atoms with Crippen LogP contribution >= 0.6 is 11.8 Å². The van der Waals surface area contributed by atoms with Gasteiger partial charge >= 0.3 is 12.0 Å². The van der Waals surface area contributed by atoms with Crippen LogP contribution in [0.4, 0.5) is 4.79 Å². The first-order chi connectivity index (χ1) is 12.3. The molecule has 1 fully saturated rings. The van der Waals surface area contributed by atoms with Gasteiger partial charge in [-0.2, -0.15) is 0 Å². The molecule has 1 aromatic rings. The van der Waals surface area contributed by atoms with Crippen molar-refractivity contribution in [2.45, 2.75) is 23.5 Å². The molecule has 1 heterocycles. The summed E-state index contributed by atoms with van der Waals surface area (Å²) in [4.78, 5) is 35.7. The summed E-state index contributed by atoms with van der Waals surface area (Å²) in [5, 5.41) is 4.30. The van der Waals surface area contributed by atoms with Crippen LogP contribution in [-0.4, -0.2) is 56.2 Å². The average molecular weight is 400 g/mol. The highest BCUT2D eigenvalue weighted by molar-refractivity contribution is 8.02. The number of esters is 1. The number of hydrogen-bond donors (Lipinski definition) is 2. The van der Waals surface area contributed by atoms with E-state index in [4.69, 9.17) is 4.74 Å². The van der Waals surface area contributed by atoms with Crippen molar-refractivity contribution in [1.82, 2.24) is 10.6 Å². The second-order valence-corrected chi connectivity index (χ2v) is 9.19. The number of hydrogen-bond acceptors (Lipinski definition) is 7. The molecule has 3 amide bonds. The maximum absolute atomic E-state index is 12.2. The fraction of sp³-hybridized carbons (Fsp3) is 0.438. The zero-order valence-corrected chi connectivity index (χ0v) is 15.8. The van der Waals surface area contributed by atoms with Crippen molar-refractivity contribution in [1.29, 1.82) is 0 Å². The quantitative estimate of drug-likeness (QED) is 0.683. The van der Waals surface area contributed by atoms with E-state index in [0.29, 0.717) is 17.9 Å². The van der Waals surface area contributed by atoms with E-state index in [2.05, 4.69) is 5.32 Å². The summed E-state index contributed by atoms with van der Waals surface area (Å²) >= 11 is 1.32. The molecule has 0 saturated carbocycles. The second kappa shape index (κ2) is 9.04. The van der Waals surface area contributed by atoms with E-state index in [0.717, 1.165) is 0 Å². The Morgan fingerprint density at radius 1 is 1.27 bits per heavy atom. The number of nitrogens with one attached hydrogen (secondary N) is 2. The van der Waals surface area contributed by atoms with Crippen molar-refractivity contribution >= 4 is 39.5 Å². The number of carbonyl (C=O) groups excluding carboxylic acids is 3. The highest BCUT2D eigenvalue weighted by Crippen LogP contribution is 2.33. The van der Waals surface area contributed by atoms with Crippen LogP contribution in [-0.2, 0) is 19.4 Å². The van der Waals surface area contributed by atoms with Gasteiger partial charge in [-0.05, 0) is 25.5 Å². The van der Waals surface area contributed by atoms with Crippen molar-refractivity contribution in [2.24, 2.45) is 0 Å². The Morgan fingerprint density at radius 2 is 2.00 bits per heavy atom. The van der Waals surface area contributed by atoms with Crippen LogP contribution in [0.3, 0.4) is 0 Å². The molecular weight excluding hydrogens is 380 g/mol. The maximum Gasteiger partial charge on any atom is 0.339 e. The standard InChI is InChI=1S/C16H20N2O6S2/c1-2-17-16(21)18-14(19)9-24-15(20)12-5-3-4-6-13(12)25-11-7-8-26(22,23)10-11/h3-6,11H,2,7-10H2,1H3,(H2,17,18,19,21)/t11-/m1/s1. The van der Waals surface area contributed by atoms with Gasteiger partial charge in [-0.15, -0.1) is 11.8 Å². The fourth-order valence-electron chi connectivity index (χ4n) is 2.35. The number of urea groups is 1. The predicted molar refractivity (Wildman–Crippen MR) is 96.9 cm³/mol. The van der Waals surface area contributed by atoms with E-state index < -0.39 is 34.4 Å². The van der Waals surface area contributed by atoms with Crippen molar-refractivity contribution in [3.05, 3.63) is 29.8 Å². The van der Waals surface area contributed by atoms with E-state index in [9.17, 15) is 22.8 Å². The third-order valence-electron chi connectivity index (χ3n) is 3.52. The molecule has 26 heavy (non-hydrogen) atoms. The van der Waals surface area contributed by atoms with Crippen molar-refractivity contribution in [3.8, 4) is 0 Å². The summed E-state index contributed by atoms with van der Waals surface area (Å²) in [6.45, 7) is 1.47. The van der Waals surface area contributed by atoms with Crippen molar-refractivity contribution in [3.63, 3.8) is 0 Å². The largest absolute Gasteiger partial charge is 0.452 e. The molecule has 0 aromatic heterocycles. The topological polar surface area (TPSA) is 119 Å². The van der Waals surface area contributed by atoms with Crippen LogP contribution in [0.5, 0.6) is 0 Å². The molecule has 8 nitrogen and oxygen atoms in total. The lowest BCUT2D eigenvalue weighted by atomic mass is 10.2. The summed E-state index contributed by atoms with van der Waals surface area (Å²) in [5.74, 6) is -1.22. The molecule has 1 aliphatic rings. The van der Waals surface area contributed by atoms with Crippen LogP contribution in [0.25, 0.3) is 0 Å². The average Bonchev–Trinajstić information content (AvgIpc) is 2.92. The number of imide groups is 1. The Kier molecular flexibility index (Phi) is 7.04. The summed E-state index contributed by atoms with van der Waals surface area (Å²) in [7, 11) is -3.01. The smallest absolute Gasteiger partial charge is 0.339 e. The van der Waals surface area contributed by atoms with Crippen LogP contribution in [0.15, 0.2) is 29.2 Å². The van der Waals surface area contributed by atoms with Gasteiger partial charge in [0, 0.05) is 16.7 Å². The highest BCUT2D eigenvalue weighted by Gasteiger charge is 2.29. The monoisotopic (exact) mass is 400 g/mol. The van der Waals surface area contributed by atoms with Gasteiger partial charge in [-0.1, -0.05) is 12.1 Å². The predicted octanol–water partition coefficient (Wildman–Crippen LogP) is 0.968. The highest BCUT2D eigenvalue weighted by atomic mass is 32.2. The Morgan fingerprint density at radius 3 is 2.65 bits per heavy atom. The van der Waals surface area contributed by atoms with Gasteiger partial charge in [0.1, 0.15) is 0 Å². The van der Waals surface area contributed by atoms with Crippen LogP contribution < -0.4 is 10.6 Å². The molecule has 1 aliphatic heterocycles. The van der Waals surface area contributed by atoms with Gasteiger partial charge in [-0.25, -0.2) is 18.0 Å². The lowest BCUT2D eigenvalue weighted by Crippen LogP contribution is -2.41. The zero-order chi connectivity index (χ0) is 19.2. The number of sulfone groups is 1. The number of carbonyl (C=O) groups is 3. The van der Waals surface area contributed by atoms with Gasteiger partial charge < -0.3 is 10.1 Å². The van der Waals surface area contributed by atoms with Crippen molar-refractivity contribution in [2.75, 3.05) is 24.7 Å². The van der Waals surface area contributed by atoms with E-state index in [1.54, 1.807) is 31.2 Å². The van der Waals surface area contributed by atoms with Gasteiger partial charge in [0.05, 0.1) is 17.1 Å². The molecule has 0 bridgehead atoms. The minimum atomic E-state index is -3.01. The fourth-order valence-corrected chi connectivity index (χ4v) is 5.96. The van der Waals surface area contributed by atoms with E-state index in [1.807, 2.05) is 5.32 Å². The molecule has 10 heteroatoms. The first-order valence-corrected chi connectivity index (χ1v) is 10.7. The lowest BCUT2D eigenvalue weighted by Gasteiger charge is -2.12. The van der Waals surface area contributed by atoms with Crippen LogP contribution in [0.2, 0.25) is 0 Å². The Hall–Kier alpha value is -2.07. The summed E-state index contributed by atoms with van der Waals surface area (Å²) in [6, 6.07) is 5.99. The summed E-state index contributed by atoms with van der Waals surface area (Å²) < 4.78 is 28.1. The second-order valence-electron chi connectivity index (χ2n) is 5.62. The van der Waals surface area contributed by atoms with Crippen LogP contribution in [0, 0.1) is 0 Å². The number of ether oxygens (including phenoxy) is 1. The van der Waals surface area contributed by atoms with Crippen molar-refractivity contribution < 1.29 is 27.5 Å². The Balaban J connectivity index is 1.95. The molecular formula is C16H20N2O6S2. The number of rotatable bonds is 6. The Bertz CT molecular complexity index is 794. The number of benzene rings is 1. The molecule has 0 unspecified atom stereocenters. The molecule has 1 aromatic carbocycles. The van der Waals surface area contributed by atoms with Gasteiger partial charge in [0.15, 0.2) is 16.4 Å². The minimum absolute atomic E-state index is 0.0794. The Labute approximate surface area is 156 Å². The minimum Gasteiger partial charge on any atom is -0.452 e. The first kappa shape index (κ1) is 20.2. The van der Waals surface area contributed by atoms with Gasteiger partial charge in [-0.3, -0.25) is 10.1 Å². The van der Waals surface area contributed by atoms with E-state index in [1.165, 1.54) is 11.8 Å². The van der Waals surface area contributed by atoms with E-state index in [-0.39, 0.29) is 22.3 Å². The lowest BCUT2D eigenvalue weighted by molar-refractivity contribution is -0.123. The third kappa shape index (κ3) is 6.03.